The molecule has 5 nitrogen and oxygen atoms in total. The van der Waals surface area contributed by atoms with Gasteiger partial charge in [0.15, 0.2) is 11.4 Å². The zero-order valence-corrected chi connectivity index (χ0v) is 13.3. The number of ether oxygens (including phenoxy) is 1. The van der Waals surface area contributed by atoms with Crippen LogP contribution in [-0.4, -0.2) is 56.0 Å². The van der Waals surface area contributed by atoms with Gasteiger partial charge in [-0.2, -0.15) is 0 Å². The van der Waals surface area contributed by atoms with E-state index >= 15 is 0 Å². The number of pyridine rings is 1. The van der Waals surface area contributed by atoms with Crippen molar-refractivity contribution in [3.8, 4) is 5.75 Å². The Morgan fingerprint density at radius 1 is 1.48 bits per heavy atom. The topological polar surface area (TPSA) is 54.5 Å². The van der Waals surface area contributed by atoms with E-state index in [-0.39, 0.29) is 42.2 Å². The van der Waals surface area contributed by atoms with Crippen LogP contribution in [0.1, 0.15) is 10.5 Å². The van der Waals surface area contributed by atoms with Crippen molar-refractivity contribution >= 4 is 30.7 Å². The van der Waals surface area contributed by atoms with Gasteiger partial charge in [0.25, 0.3) is 12.3 Å². The molecule has 0 unspecified atom stereocenters. The third-order valence-corrected chi connectivity index (χ3v) is 2.38. The molecule has 0 saturated carbocycles. The standard InChI is InChI=1S/C12H17F2N3O2.2ClH/c1-15-6-7-17(2)12(18)11-9(4-3-5-16-11)19-8-10(13)14;;/h3-5,10,15H,6-8H2,1-2H3;2*1H. The Bertz CT molecular complexity index is 425. The second-order valence-corrected chi connectivity index (χ2v) is 3.88. The van der Waals surface area contributed by atoms with Crippen LogP contribution in [0, 0.1) is 0 Å². The maximum Gasteiger partial charge on any atom is 0.276 e. The van der Waals surface area contributed by atoms with Crippen LogP contribution in [0.4, 0.5) is 8.78 Å². The van der Waals surface area contributed by atoms with E-state index < -0.39 is 13.0 Å². The Hall–Kier alpha value is -1.18. The fraction of sp³-hybridized carbons (Fsp3) is 0.500. The average Bonchev–Trinajstić information content (AvgIpc) is 2.42. The van der Waals surface area contributed by atoms with Crippen LogP contribution in [0.5, 0.6) is 5.75 Å². The number of carbonyl (C=O) groups is 1. The van der Waals surface area contributed by atoms with Crippen LogP contribution in [0.2, 0.25) is 0 Å². The molecule has 0 spiro atoms. The number of aromatic nitrogens is 1. The lowest BCUT2D eigenvalue weighted by atomic mass is 10.3. The maximum atomic E-state index is 12.1. The average molecular weight is 346 g/mol. The van der Waals surface area contributed by atoms with Crippen LogP contribution in [-0.2, 0) is 0 Å². The van der Waals surface area contributed by atoms with Crippen LogP contribution in [0.25, 0.3) is 0 Å². The third kappa shape index (κ3) is 7.40. The number of rotatable bonds is 7. The number of alkyl halides is 2. The Morgan fingerprint density at radius 3 is 2.71 bits per heavy atom. The number of hydrogen-bond acceptors (Lipinski definition) is 4. The van der Waals surface area contributed by atoms with Crippen molar-refractivity contribution in [1.82, 2.24) is 15.2 Å². The minimum absolute atomic E-state index is 0. The molecular weight excluding hydrogens is 327 g/mol. The first kappa shape index (κ1) is 22.1. The SMILES string of the molecule is CNCCN(C)C(=O)c1ncccc1OCC(F)F.Cl.Cl. The van der Waals surface area contributed by atoms with Gasteiger partial charge < -0.3 is 15.0 Å². The highest BCUT2D eigenvalue weighted by Gasteiger charge is 2.18. The number of carbonyl (C=O) groups excluding carboxylic acids is 1. The fourth-order valence-corrected chi connectivity index (χ4v) is 1.38. The monoisotopic (exact) mass is 345 g/mol. The molecule has 21 heavy (non-hydrogen) atoms. The van der Waals surface area contributed by atoms with Crippen molar-refractivity contribution < 1.29 is 18.3 Å². The number of halogens is 4. The molecule has 0 aromatic carbocycles. The highest BCUT2D eigenvalue weighted by Crippen LogP contribution is 2.17. The summed E-state index contributed by atoms with van der Waals surface area (Å²) in [6.07, 6.45) is -1.17. The first-order valence-corrected chi connectivity index (χ1v) is 5.82. The van der Waals surface area contributed by atoms with E-state index in [4.69, 9.17) is 4.74 Å². The lowest BCUT2D eigenvalue weighted by molar-refractivity contribution is 0.0733. The quantitative estimate of drug-likeness (QED) is 0.819. The highest BCUT2D eigenvalue weighted by molar-refractivity contribution is 5.94. The maximum absolute atomic E-state index is 12.1. The van der Waals surface area contributed by atoms with Crippen LogP contribution in [0.3, 0.4) is 0 Å². The van der Waals surface area contributed by atoms with E-state index in [0.717, 1.165) is 0 Å². The van der Waals surface area contributed by atoms with Crippen LogP contribution < -0.4 is 10.1 Å². The van der Waals surface area contributed by atoms with E-state index in [0.29, 0.717) is 13.1 Å². The predicted molar refractivity (Wildman–Crippen MR) is 81.1 cm³/mol. The zero-order valence-electron chi connectivity index (χ0n) is 11.7. The summed E-state index contributed by atoms with van der Waals surface area (Å²) in [7, 11) is 3.39. The fourth-order valence-electron chi connectivity index (χ4n) is 1.38. The van der Waals surface area contributed by atoms with E-state index in [1.165, 1.54) is 23.2 Å². The van der Waals surface area contributed by atoms with Crippen LogP contribution in [0.15, 0.2) is 18.3 Å². The van der Waals surface area contributed by atoms with Crippen molar-refractivity contribution in [3.05, 3.63) is 24.0 Å². The Balaban J connectivity index is 0. The van der Waals surface area contributed by atoms with Crippen molar-refractivity contribution in [2.24, 2.45) is 0 Å². The molecule has 0 radical (unpaired) electrons. The molecule has 0 bridgehead atoms. The van der Waals surface area contributed by atoms with Gasteiger partial charge in [0, 0.05) is 26.3 Å². The van der Waals surface area contributed by atoms with Gasteiger partial charge in [-0.1, -0.05) is 0 Å². The second-order valence-electron chi connectivity index (χ2n) is 3.88. The van der Waals surface area contributed by atoms with E-state index in [2.05, 4.69) is 10.3 Å². The van der Waals surface area contributed by atoms with Crippen molar-refractivity contribution in [1.29, 1.82) is 0 Å². The van der Waals surface area contributed by atoms with Gasteiger partial charge in [-0.15, -0.1) is 24.8 Å². The normalized spacial score (nSPS) is 9.57. The summed E-state index contributed by atoms with van der Waals surface area (Å²) in [5, 5.41) is 2.91. The molecule has 1 N–H and O–H groups in total. The summed E-state index contributed by atoms with van der Waals surface area (Å²) in [5.74, 6) is -0.288. The largest absolute Gasteiger partial charge is 0.485 e. The molecule has 0 fully saturated rings. The molecular formula is C12H19Cl2F2N3O2. The minimum Gasteiger partial charge on any atom is -0.485 e. The zero-order chi connectivity index (χ0) is 14.3. The number of amides is 1. The van der Waals surface area contributed by atoms with E-state index in [1.54, 1.807) is 14.1 Å². The van der Waals surface area contributed by atoms with Gasteiger partial charge in [0.05, 0.1) is 0 Å². The number of hydrogen-bond donors (Lipinski definition) is 1. The first-order valence-electron chi connectivity index (χ1n) is 5.82. The summed E-state index contributed by atoms with van der Waals surface area (Å²) in [5.41, 5.74) is 0.0433. The molecule has 1 aromatic heterocycles. The number of nitrogens with zero attached hydrogens (tertiary/aromatic N) is 2. The summed E-state index contributed by atoms with van der Waals surface area (Å²) >= 11 is 0. The Kier molecular flexibility index (Phi) is 12.1. The lowest BCUT2D eigenvalue weighted by Gasteiger charge is -2.18. The molecule has 0 aliphatic heterocycles. The lowest BCUT2D eigenvalue weighted by Crippen LogP contribution is -2.33. The Morgan fingerprint density at radius 2 is 2.14 bits per heavy atom. The Labute approximate surface area is 134 Å². The number of nitrogens with one attached hydrogen (secondary N) is 1. The first-order chi connectivity index (χ1) is 9.06. The van der Waals surface area contributed by atoms with Crippen LogP contribution >= 0.6 is 24.8 Å². The van der Waals surface area contributed by atoms with Gasteiger partial charge in [-0.25, -0.2) is 13.8 Å². The summed E-state index contributed by atoms with van der Waals surface area (Å²) < 4.78 is 29.2. The van der Waals surface area contributed by atoms with Gasteiger partial charge in [0.2, 0.25) is 0 Å². The van der Waals surface area contributed by atoms with Crippen molar-refractivity contribution in [2.45, 2.75) is 6.43 Å². The molecule has 1 aromatic rings. The molecule has 9 heteroatoms. The molecule has 1 amide bonds. The summed E-state index contributed by atoms with van der Waals surface area (Å²) in [6.45, 7) is 0.356. The molecule has 0 atom stereocenters. The third-order valence-electron chi connectivity index (χ3n) is 2.38. The van der Waals surface area contributed by atoms with Gasteiger partial charge in [0.1, 0.15) is 6.61 Å². The summed E-state index contributed by atoms with van der Waals surface area (Å²) in [4.78, 5) is 17.4. The smallest absolute Gasteiger partial charge is 0.276 e. The molecule has 1 rings (SSSR count). The van der Waals surface area contributed by atoms with Gasteiger partial charge in [-0.3, -0.25) is 4.79 Å². The van der Waals surface area contributed by atoms with E-state index in [9.17, 15) is 13.6 Å². The molecule has 0 aliphatic rings. The van der Waals surface area contributed by atoms with E-state index in [1.807, 2.05) is 0 Å². The van der Waals surface area contributed by atoms with Crippen molar-refractivity contribution in [2.75, 3.05) is 33.8 Å². The van der Waals surface area contributed by atoms with Gasteiger partial charge in [-0.05, 0) is 19.2 Å². The number of likely N-dealkylation sites (N-methyl/N-ethyl adjacent to an activating group) is 2. The summed E-state index contributed by atoms with van der Waals surface area (Å²) in [6, 6.07) is 2.99. The second kappa shape index (κ2) is 11.5. The predicted octanol–water partition coefficient (Wildman–Crippen LogP) is 1.86. The molecule has 0 saturated heterocycles. The highest BCUT2D eigenvalue weighted by atomic mass is 35.5. The minimum atomic E-state index is -2.59. The molecule has 0 aliphatic carbocycles. The van der Waals surface area contributed by atoms with Crippen molar-refractivity contribution in [3.63, 3.8) is 0 Å². The van der Waals surface area contributed by atoms with Gasteiger partial charge >= 0.3 is 0 Å². The molecule has 1 heterocycles. The molecule has 122 valence electrons.